The van der Waals surface area contributed by atoms with Gasteiger partial charge < -0.3 is 14.5 Å². The fourth-order valence-electron chi connectivity index (χ4n) is 3.64. The summed E-state index contributed by atoms with van der Waals surface area (Å²) in [5.74, 6) is 3.63. The van der Waals surface area contributed by atoms with E-state index < -0.39 is 0 Å². The maximum atomic E-state index is 12.7. The molecule has 0 spiro atoms. The van der Waals surface area contributed by atoms with Crippen molar-refractivity contribution < 1.29 is 9.53 Å². The highest BCUT2D eigenvalue weighted by Gasteiger charge is 2.30. The summed E-state index contributed by atoms with van der Waals surface area (Å²) in [6, 6.07) is 6.09. The number of rotatable bonds is 4. The van der Waals surface area contributed by atoms with Gasteiger partial charge in [-0.3, -0.25) is 4.79 Å². The van der Waals surface area contributed by atoms with Gasteiger partial charge in [0, 0.05) is 43.6 Å². The van der Waals surface area contributed by atoms with Crippen molar-refractivity contribution in [2.45, 2.75) is 19.8 Å². The number of hydrogen-bond acceptors (Lipinski definition) is 6. The van der Waals surface area contributed by atoms with Crippen LogP contribution in [-0.2, 0) is 4.79 Å². The van der Waals surface area contributed by atoms with E-state index in [1.54, 1.807) is 11.3 Å². The van der Waals surface area contributed by atoms with Gasteiger partial charge >= 0.3 is 0 Å². The van der Waals surface area contributed by atoms with Crippen molar-refractivity contribution in [3.05, 3.63) is 18.2 Å². The quantitative estimate of drug-likeness (QED) is 0.798. The van der Waals surface area contributed by atoms with Gasteiger partial charge in [0.25, 0.3) is 0 Å². The molecule has 1 amide bonds. The predicted octanol–water partition coefficient (Wildman–Crippen LogP) is 3.49. The van der Waals surface area contributed by atoms with Crippen molar-refractivity contribution in [2.75, 3.05) is 49.2 Å². The molecule has 0 aliphatic carbocycles. The van der Waals surface area contributed by atoms with Crippen molar-refractivity contribution >= 4 is 44.4 Å². The topological polar surface area (TPSA) is 45.7 Å². The van der Waals surface area contributed by atoms with E-state index in [0.717, 1.165) is 71.6 Å². The molecule has 1 aromatic carbocycles. The summed E-state index contributed by atoms with van der Waals surface area (Å²) in [7, 11) is 0. The van der Waals surface area contributed by atoms with Crippen LogP contribution < -0.4 is 9.64 Å². The van der Waals surface area contributed by atoms with Crippen LogP contribution in [0.2, 0.25) is 0 Å². The molecule has 3 heterocycles. The second-order valence-electron chi connectivity index (χ2n) is 6.76. The van der Waals surface area contributed by atoms with Gasteiger partial charge in [-0.2, -0.15) is 11.8 Å². The van der Waals surface area contributed by atoms with Crippen molar-refractivity contribution in [1.82, 2.24) is 9.88 Å². The first-order chi connectivity index (χ1) is 12.7. The van der Waals surface area contributed by atoms with E-state index in [-0.39, 0.29) is 5.92 Å². The SMILES string of the molecule is CCOc1ccc2nc(N3CCC(C(=O)N4CCSCC4)CC3)sc2c1. The van der Waals surface area contributed by atoms with Crippen LogP contribution >= 0.6 is 23.1 Å². The number of nitrogens with zero attached hydrogens (tertiary/aromatic N) is 3. The number of ether oxygens (including phenoxy) is 1. The lowest BCUT2D eigenvalue weighted by molar-refractivity contribution is -0.135. The molecule has 2 aliphatic rings. The number of benzene rings is 1. The average molecular weight is 392 g/mol. The van der Waals surface area contributed by atoms with E-state index in [4.69, 9.17) is 9.72 Å². The van der Waals surface area contributed by atoms with Gasteiger partial charge in [0.1, 0.15) is 5.75 Å². The number of thioether (sulfide) groups is 1. The first kappa shape index (κ1) is 17.9. The Hall–Kier alpha value is -1.47. The number of anilines is 1. The lowest BCUT2D eigenvalue weighted by atomic mass is 9.95. The Bertz CT molecular complexity index is 765. The minimum Gasteiger partial charge on any atom is -0.494 e. The molecule has 2 aromatic rings. The van der Waals surface area contributed by atoms with Crippen molar-refractivity contribution in [3.63, 3.8) is 0 Å². The second-order valence-corrected chi connectivity index (χ2v) is 8.99. The molecular weight excluding hydrogens is 366 g/mol. The Morgan fingerprint density at radius 3 is 2.73 bits per heavy atom. The van der Waals surface area contributed by atoms with Gasteiger partial charge in [-0.25, -0.2) is 4.98 Å². The zero-order chi connectivity index (χ0) is 17.9. The summed E-state index contributed by atoms with van der Waals surface area (Å²) in [6.07, 6.45) is 1.87. The van der Waals surface area contributed by atoms with Gasteiger partial charge in [0.05, 0.1) is 16.8 Å². The molecule has 140 valence electrons. The van der Waals surface area contributed by atoms with E-state index in [9.17, 15) is 4.79 Å². The number of aromatic nitrogens is 1. The number of piperidine rings is 1. The summed E-state index contributed by atoms with van der Waals surface area (Å²) < 4.78 is 6.75. The summed E-state index contributed by atoms with van der Waals surface area (Å²) >= 11 is 3.67. The molecule has 5 nitrogen and oxygen atoms in total. The van der Waals surface area contributed by atoms with Crippen LogP contribution in [0.5, 0.6) is 5.75 Å². The Morgan fingerprint density at radius 1 is 1.23 bits per heavy atom. The highest BCUT2D eigenvalue weighted by molar-refractivity contribution is 7.99. The van der Waals surface area contributed by atoms with Crippen LogP contribution in [0.1, 0.15) is 19.8 Å². The van der Waals surface area contributed by atoms with Gasteiger partial charge in [0.15, 0.2) is 5.13 Å². The number of hydrogen-bond donors (Lipinski definition) is 0. The van der Waals surface area contributed by atoms with Gasteiger partial charge in [-0.1, -0.05) is 11.3 Å². The lowest BCUT2D eigenvalue weighted by Crippen LogP contribution is -2.45. The van der Waals surface area contributed by atoms with Gasteiger partial charge in [0.2, 0.25) is 5.91 Å². The fraction of sp³-hybridized carbons (Fsp3) is 0.579. The van der Waals surface area contributed by atoms with Crippen LogP contribution in [-0.4, -0.2) is 60.1 Å². The first-order valence-corrected chi connectivity index (χ1v) is 11.4. The summed E-state index contributed by atoms with van der Waals surface area (Å²) in [4.78, 5) is 21.9. The molecule has 0 N–H and O–H groups in total. The van der Waals surface area contributed by atoms with Gasteiger partial charge in [-0.15, -0.1) is 0 Å². The monoisotopic (exact) mass is 391 g/mol. The molecule has 0 saturated carbocycles. The van der Waals surface area contributed by atoms with E-state index >= 15 is 0 Å². The molecule has 2 saturated heterocycles. The molecule has 2 aliphatic heterocycles. The molecule has 4 rings (SSSR count). The second kappa shape index (κ2) is 8.05. The third-order valence-electron chi connectivity index (χ3n) is 5.10. The Balaban J connectivity index is 1.39. The van der Waals surface area contributed by atoms with Crippen molar-refractivity contribution in [2.24, 2.45) is 5.92 Å². The number of fused-ring (bicyclic) bond motifs is 1. The normalized spacial score (nSPS) is 19.1. The molecular formula is C19H25N3O2S2. The van der Waals surface area contributed by atoms with E-state index in [1.165, 1.54) is 0 Å². The highest BCUT2D eigenvalue weighted by atomic mass is 32.2. The zero-order valence-corrected chi connectivity index (χ0v) is 16.8. The molecule has 1 aromatic heterocycles. The first-order valence-electron chi connectivity index (χ1n) is 9.39. The molecule has 26 heavy (non-hydrogen) atoms. The van der Waals surface area contributed by atoms with Crippen LogP contribution in [0.15, 0.2) is 18.2 Å². The average Bonchev–Trinajstić information content (AvgIpc) is 3.12. The fourth-order valence-corrected chi connectivity index (χ4v) is 5.59. The minimum atomic E-state index is 0.188. The summed E-state index contributed by atoms with van der Waals surface area (Å²) in [5, 5.41) is 1.06. The van der Waals surface area contributed by atoms with E-state index in [1.807, 2.05) is 30.8 Å². The van der Waals surface area contributed by atoms with E-state index in [0.29, 0.717) is 12.5 Å². The Morgan fingerprint density at radius 2 is 2.00 bits per heavy atom. The maximum absolute atomic E-state index is 12.7. The summed E-state index contributed by atoms with van der Waals surface area (Å²) in [6.45, 7) is 6.34. The standard InChI is InChI=1S/C19H25N3O2S2/c1-2-24-15-3-4-16-17(13-15)26-19(20-16)22-7-5-14(6-8-22)18(23)21-9-11-25-12-10-21/h3-4,13-14H,2,5-12H2,1H3. The molecule has 0 bridgehead atoms. The number of thiazole rings is 1. The predicted molar refractivity (Wildman–Crippen MR) is 110 cm³/mol. The highest BCUT2D eigenvalue weighted by Crippen LogP contribution is 2.33. The summed E-state index contributed by atoms with van der Waals surface area (Å²) in [5.41, 5.74) is 1.03. The molecule has 0 atom stereocenters. The molecule has 0 radical (unpaired) electrons. The Kier molecular flexibility index (Phi) is 5.55. The van der Waals surface area contributed by atoms with E-state index in [2.05, 4.69) is 15.9 Å². The number of carbonyl (C=O) groups excluding carboxylic acids is 1. The Labute approximate surface area is 162 Å². The van der Waals surface area contributed by atoms with Crippen LogP contribution in [0.3, 0.4) is 0 Å². The molecule has 2 fully saturated rings. The minimum absolute atomic E-state index is 0.188. The van der Waals surface area contributed by atoms with Crippen LogP contribution in [0, 0.1) is 5.92 Å². The zero-order valence-electron chi connectivity index (χ0n) is 15.1. The van der Waals surface area contributed by atoms with Crippen molar-refractivity contribution in [1.29, 1.82) is 0 Å². The van der Waals surface area contributed by atoms with Crippen molar-refractivity contribution in [3.8, 4) is 5.75 Å². The molecule has 0 unspecified atom stereocenters. The maximum Gasteiger partial charge on any atom is 0.225 e. The number of carbonyl (C=O) groups is 1. The largest absolute Gasteiger partial charge is 0.494 e. The smallest absolute Gasteiger partial charge is 0.225 e. The van der Waals surface area contributed by atoms with Gasteiger partial charge in [-0.05, 0) is 38.0 Å². The van der Waals surface area contributed by atoms with Crippen LogP contribution in [0.4, 0.5) is 5.13 Å². The van der Waals surface area contributed by atoms with Crippen LogP contribution in [0.25, 0.3) is 10.2 Å². The number of amides is 1. The third kappa shape index (κ3) is 3.78. The third-order valence-corrected chi connectivity index (χ3v) is 7.12. The molecule has 7 heteroatoms. The lowest BCUT2D eigenvalue weighted by Gasteiger charge is -2.35.